The zero-order valence-corrected chi connectivity index (χ0v) is 34.7. The van der Waals surface area contributed by atoms with E-state index in [9.17, 15) is 0 Å². The van der Waals surface area contributed by atoms with Crippen molar-refractivity contribution in [2.24, 2.45) is 0 Å². The first-order valence-electron chi connectivity index (χ1n) is 21.9. The van der Waals surface area contributed by atoms with Crippen molar-refractivity contribution in [3.05, 3.63) is 253 Å². The number of nitrogens with zero attached hydrogens (tertiary/aromatic N) is 4. The van der Waals surface area contributed by atoms with E-state index >= 15 is 0 Å². The molecule has 64 heavy (non-hydrogen) atoms. The third-order valence-electron chi connectivity index (χ3n) is 13.3. The van der Waals surface area contributed by atoms with Crippen LogP contribution in [0.1, 0.15) is 22.3 Å². The molecule has 2 aromatic heterocycles. The quantitative estimate of drug-likeness (QED) is 0.168. The average molecular weight is 815 g/mol. The first-order valence-corrected chi connectivity index (χ1v) is 21.9. The number of para-hydroxylation sites is 1. The Balaban J connectivity index is 1.10. The minimum absolute atomic E-state index is 0.582. The lowest BCUT2D eigenvalue weighted by Crippen LogP contribution is -2.28. The van der Waals surface area contributed by atoms with E-state index in [0.717, 1.165) is 44.2 Å². The predicted octanol–water partition coefficient (Wildman–Crippen LogP) is 14.6. The number of hydrogen-bond acceptors (Lipinski definition) is 3. The van der Waals surface area contributed by atoms with Crippen molar-refractivity contribution in [3.63, 3.8) is 0 Å². The molecule has 298 valence electrons. The van der Waals surface area contributed by atoms with Crippen LogP contribution in [0.3, 0.4) is 0 Å². The van der Waals surface area contributed by atoms with Crippen molar-refractivity contribution < 1.29 is 0 Å². The fraction of sp³-hybridized carbons (Fsp3) is 0.0167. The van der Waals surface area contributed by atoms with Crippen molar-refractivity contribution in [2.45, 2.75) is 5.41 Å². The smallest absolute Gasteiger partial charge is 0.164 e. The molecule has 0 radical (unpaired) electrons. The summed E-state index contributed by atoms with van der Waals surface area (Å²) in [5.74, 6) is 1.92. The Morgan fingerprint density at radius 2 is 0.844 bits per heavy atom. The van der Waals surface area contributed by atoms with Crippen molar-refractivity contribution >= 4 is 43.4 Å². The molecule has 1 aliphatic rings. The molecule has 4 nitrogen and oxygen atoms in total. The van der Waals surface area contributed by atoms with Gasteiger partial charge in [0.1, 0.15) is 0 Å². The number of benzene rings is 10. The lowest BCUT2D eigenvalue weighted by molar-refractivity contribution is 0.776. The summed E-state index contributed by atoms with van der Waals surface area (Å²) >= 11 is 0. The van der Waals surface area contributed by atoms with Crippen molar-refractivity contribution in [1.82, 2.24) is 19.5 Å². The van der Waals surface area contributed by atoms with Gasteiger partial charge in [0.25, 0.3) is 0 Å². The van der Waals surface area contributed by atoms with E-state index in [1.165, 1.54) is 54.9 Å². The van der Waals surface area contributed by atoms with Crippen molar-refractivity contribution in [1.29, 1.82) is 0 Å². The molecule has 4 heteroatoms. The molecule has 0 unspecified atom stereocenters. The van der Waals surface area contributed by atoms with E-state index < -0.39 is 5.41 Å². The molecule has 12 aromatic rings. The molecule has 0 spiro atoms. The van der Waals surface area contributed by atoms with Gasteiger partial charge in [0.2, 0.25) is 0 Å². The Labute approximate surface area is 370 Å². The highest BCUT2D eigenvalue weighted by Gasteiger charge is 2.47. The van der Waals surface area contributed by atoms with E-state index in [1.807, 2.05) is 36.4 Å². The van der Waals surface area contributed by atoms with Gasteiger partial charge < -0.3 is 4.57 Å². The summed E-state index contributed by atoms with van der Waals surface area (Å²) in [6.45, 7) is 0. The molecule has 0 aliphatic heterocycles. The maximum absolute atomic E-state index is 5.17. The van der Waals surface area contributed by atoms with Crippen molar-refractivity contribution in [3.8, 4) is 51.0 Å². The van der Waals surface area contributed by atoms with Crippen LogP contribution in [0.4, 0.5) is 0 Å². The molecule has 0 bridgehead atoms. The molecule has 0 atom stereocenters. The largest absolute Gasteiger partial charge is 0.309 e. The van der Waals surface area contributed by atoms with Crippen LogP contribution in [0.25, 0.3) is 94.3 Å². The average Bonchev–Trinajstić information content (AvgIpc) is 3.86. The molecule has 0 saturated carbocycles. The molecule has 0 saturated heterocycles. The second-order valence-electron chi connectivity index (χ2n) is 16.7. The first-order chi connectivity index (χ1) is 31.8. The topological polar surface area (TPSA) is 43.6 Å². The van der Waals surface area contributed by atoms with E-state index in [1.54, 1.807) is 0 Å². The van der Waals surface area contributed by atoms with Gasteiger partial charge in [-0.05, 0) is 79.9 Å². The summed E-state index contributed by atoms with van der Waals surface area (Å²) in [6, 6.07) is 83.1. The van der Waals surface area contributed by atoms with Crippen LogP contribution < -0.4 is 0 Å². The summed E-state index contributed by atoms with van der Waals surface area (Å²) in [6.07, 6.45) is 0. The molecule has 2 heterocycles. The zero-order valence-electron chi connectivity index (χ0n) is 34.7. The van der Waals surface area contributed by atoms with Gasteiger partial charge in [-0.2, -0.15) is 0 Å². The summed E-state index contributed by atoms with van der Waals surface area (Å²) in [7, 11) is 0. The molecule has 0 fully saturated rings. The van der Waals surface area contributed by atoms with E-state index in [0.29, 0.717) is 17.5 Å². The van der Waals surface area contributed by atoms with Crippen LogP contribution in [0.15, 0.2) is 231 Å². The second-order valence-corrected chi connectivity index (χ2v) is 16.7. The fourth-order valence-corrected chi connectivity index (χ4v) is 10.6. The summed E-state index contributed by atoms with van der Waals surface area (Å²) in [5, 5.41) is 7.12. The Morgan fingerprint density at radius 1 is 0.328 bits per heavy atom. The Hall–Kier alpha value is -8.47. The molecule has 0 amide bonds. The Morgan fingerprint density at radius 3 is 1.50 bits per heavy atom. The molecule has 10 aromatic carbocycles. The lowest BCUT2D eigenvalue weighted by Gasteiger charge is -2.34. The summed E-state index contributed by atoms with van der Waals surface area (Å²) in [5.41, 5.74) is 13.3. The number of fused-ring (bicyclic) bond motifs is 9. The number of aromatic nitrogens is 4. The second kappa shape index (κ2) is 14.3. The van der Waals surface area contributed by atoms with Gasteiger partial charge in [-0.1, -0.05) is 200 Å². The molecule has 0 N–H and O–H groups in total. The van der Waals surface area contributed by atoms with Gasteiger partial charge in [0, 0.05) is 32.8 Å². The normalized spacial score (nSPS) is 12.8. The van der Waals surface area contributed by atoms with Crippen molar-refractivity contribution in [2.75, 3.05) is 0 Å². The van der Waals surface area contributed by atoms with Crippen LogP contribution in [0, 0.1) is 0 Å². The zero-order chi connectivity index (χ0) is 42.2. The van der Waals surface area contributed by atoms with E-state index in [2.05, 4.69) is 199 Å². The first kappa shape index (κ1) is 36.2. The highest BCUT2D eigenvalue weighted by Crippen LogP contribution is 2.59. The maximum Gasteiger partial charge on any atom is 0.164 e. The van der Waals surface area contributed by atoms with Gasteiger partial charge in [-0.25, -0.2) is 15.0 Å². The Bertz CT molecular complexity index is 3670. The molecule has 1 aliphatic carbocycles. The van der Waals surface area contributed by atoms with E-state index in [4.69, 9.17) is 15.0 Å². The molecule has 13 rings (SSSR count). The van der Waals surface area contributed by atoms with Gasteiger partial charge in [0.15, 0.2) is 17.5 Å². The molecular formula is C60H38N4. The van der Waals surface area contributed by atoms with Crippen LogP contribution in [0.2, 0.25) is 0 Å². The molecular weight excluding hydrogens is 777 g/mol. The summed E-state index contributed by atoms with van der Waals surface area (Å²) < 4.78 is 2.48. The standard InChI is InChI=1S/C60H38N4/c1-5-20-40(21-6-1)57-61-58(41-22-7-2-8-23-41)63-59(62-57)49-35-36-54(46-30-16-15-29-45(46)49)64-53-32-18-17-31-47(53)51-37-50-48-34-33-39-19-13-14-28-44(39)56(48)60(52(50)38-55(51)64,42-24-9-3-10-25-42)43-26-11-4-12-27-43/h1-38H. The van der Waals surface area contributed by atoms with Gasteiger partial charge >= 0.3 is 0 Å². The number of rotatable bonds is 6. The van der Waals surface area contributed by atoms with Crippen LogP contribution >= 0.6 is 0 Å². The van der Waals surface area contributed by atoms with Crippen LogP contribution in [-0.4, -0.2) is 19.5 Å². The highest BCUT2D eigenvalue weighted by molar-refractivity contribution is 6.14. The highest BCUT2D eigenvalue weighted by atomic mass is 15.0. The third kappa shape index (κ3) is 5.33. The fourth-order valence-electron chi connectivity index (χ4n) is 10.6. The van der Waals surface area contributed by atoms with Crippen LogP contribution in [0.5, 0.6) is 0 Å². The van der Waals surface area contributed by atoms with Gasteiger partial charge in [-0.3, -0.25) is 0 Å². The van der Waals surface area contributed by atoms with Gasteiger partial charge in [-0.15, -0.1) is 0 Å². The lowest BCUT2D eigenvalue weighted by atomic mass is 9.66. The van der Waals surface area contributed by atoms with Crippen LogP contribution in [-0.2, 0) is 5.41 Å². The van der Waals surface area contributed by atoms with E-state index in [-0.39, 0.29) is 0 Å². The Kier molecular flexibility index (Phi) is 8.09. The minimum Gasteiger partial charge on any atom is -0.309 e. The predicted molar refractivity (Wildman–Crippen MR) is 263 cm³/mol. The third-order valence-corrected chi connectivity index (χ3v) is 13.3. The maximum atomic E-state index is 5.17. The minimum atomic E-state index is -0.582. The SMILES string of the molecule is c1ccc(-c2nc(-c3ccccc3)nc(-c3ccc(-n4c5ccccc5c5cc6c(cc54)C(c4ccccc4)(c4ccccc4)c4c-6ccc5ccccc45)c4ccccc34)n2)cc1. The monoisotopic (exact) mass is 814 g/mol. The summed E-state index contributed by atoms with van der Waals surface area (Å²) in [4.78, 5) is 15.3. The van der Waals surface area contributed by atoms with Gasteiger partial charge in [0.05, 0.1) is 22.1 Å². The number of hydrogen-bond donors (Lipinski definition) is 0.